The van der Waals surface area contributed by atoms with Crippen LogP contribution < -0.4 is 0 Å². The molecule has 0 aliphatic carbocycles. The van der Waals surface area contributed by atoms with Crippen molar-refractivity contribution in [1.82, 2.24) is 9.78 Å². The SMILES string of the molecule is Cc1cc(Cl)cc(C(=O)c2ccnn2C)c1. The Balaban J connectivity index is 2.45. The molecule has 0 saturated heterocycles. The number of hydrogen-bond donors (Lipinski definition) is 0. The average Bonchev–Trinajstić information content (AvgIpc) is 2.62. The van der Waals surface area contributed by atoms with E-state index >= 15 is 0 Å². The molecule has 0 spiro atoms. The van der Waals surface area contributed by atoms with Crippen molar-refractivity contribution in [3.63, 3.8) is 0 Å². The van der Waals surface area contributed by atoms with Gasteiger partial charge in [-0.1, -0.05) is 11.6 Å². The van der Waals surface area contributed by atoms with Gasteiger partial charge in [0.2, 0.25) is 5.78 Å². The third-order valence-corrected chi connectivity index (χ3v) is 2.58. The van der Waals surface area contributed by atoms with Crippen molar-refractivity contribution in [2.75, 3.05) is 0 Å². The number of carbonyl (C=O) groups is 1. The van der Waals surface area contributed by atoms with Crippen molar-refractivity contribution in [2.45, 2.75) is 6.92 Å². The van der Waals surface area contributed by atoms with E-state index in [9.17, 15) is 4.79 Å². The summed E-state index contributed by atoms with van der Waals surface area (Å²) in [5.74, 6) is -0.0643. The van der Waals surface area contributed by atoms with E-state index in [1.807, 2.05) is 19.1 Å². The summed E-state index contributed by atoms with van der Waals surface area (Å²) in [5.41, 5.74) is 2.12. The van der Waals surface area contributed by atoms with Crippen molar-refractivity contribution < 1.29 is 4.79 Å². The molecule has 3 nitrogen and oxygen atoms in total. The molecule has 0 saturated carbocycles. The summed E-state index contributed by atoms with van der Waals surface area (Å²) in [6.45, 7) is 1.91. The molecule has 0 aliphatic heterocycles. The molecule has 16 heavy (non-hydrogen) atoms. The molecule has 0 bridgehead atoms. The largest absolute Gasteiger partial charge is 0.287 e. The minimum Gasteiger partial charge on any atom is -0.287 e. The molecule has 0 amide bonds. The lowest BCUT2D eigenvalue weighted by molar-refractivity contribution is 0.103. The number of halogens is 1. The highest BCUT2D eigenvalue weighted by Crippen LogP contribution is 2.17. The van der Waals surface area contributed by atoms with E-state index in [0.717, 1.165) is 5.56 Å². The average molecular weight is 235 g/mol. The summed E-state index contributed by atoms with van der Waals surface area (Å²) in [4.78, 5) is 12.1. The van der Waals surface area contributed by atoms with E-state index in [-0.39, 0.29) is 5.78 Å². The number of aromatic nitrogens is 2. The van der Waals surface area contributed by atoms with Gasteiger partial charge in [-0.15, -0.1) is 0 Å². The zero-order chi connectivity index (χ0) is 11.7. The second-order valence-corrected chi connectivity index (χ2v) is 4.12. The van der Waals surface area contributed by atoms with E-state index in [2.05, 4.69) is 5.10 Å². The van der Waals surface area contributed by atoms with Gasteiger partial charge in [0.25, 0.3) is 0 Å². The molecule has 0 aliphatic rings. The number of rotatable bonds is 2. The minimum atomic E-state index is -0.0643. The van der Waals surface area contributed by atoms with Crippen molar-refractivity contribution in [3.05, 3.63) is 52.3 Å². The molecular weight excluding hydrogens is 224 g/mol. The fraction of sp³-hybridized carbons (Fsp3) is 0.167. The molecule has 1 aromatic heterocycles. The Labute approximate surface area is 98.7 Å². The number of benzene rings is 1. The van der Waals surface area contributed by atoms with Gasteiger partial charge in [-0.3, -0.25) is 9.48 Å². The summed E-state index contributed by atoms with van der Waals surface area (Å²) in [6, 6.07) is 7.01. The topological polar surface area (TPSA) is 34.9 Å². The van der Waals surface area contributed by atoms with Crippen LogP contribution in [-0.4, -0.2) is 15.6 Å². The first-order valence-corrected chi connectivity index (χ1v) is 5.25. The molecule has 0 radical (unpaired) electrons. The van der Waals surface area contributed by atoms with E-state index in [1.54, 1.807) is 30.1 Å². The van der Waals surface area contributed by atoms with Gasteiger partial charge in [0.1, 0.15) is 5.69 Å². The smallest absolute Gasteiger partial charge is 0.211 e. The van der Waals surface area contributed by atoms with Gasteiger partial charge in [-0.05, 0) is 36.8 Å². The zero-order valence-electron chi connectivity index (χ0n) is 9.07. The molecule has 2 aromatic rings. The zero-order valence-corrected chi connectivity index (χ0v) is 9.82. The normalized spacial score (nSPS) is 10.4. The number of carbonyl (C=O) groups excluding carboxylic acids is 1. The van der Waals surface area contributed by atoms with Crippen LogP contribution in [0, 0.1) is 6.92 Å². The third kappa shape index (κ3) is 1.99. The van der Waals surface area contributed by atoms with Crippen LogP contribution in [0.1, 0.15) is 21.6 Å². The van der Waals surface area contributed by atoms with Crippen molar-refractivity contribution in [2.24, 2.45) is 7.05 Å². The van der Waals surface area contributed by atoms with Crippen molar-refractivity contribution in [3.8, 4) is 0 Å². The Hall–Kier alpha value is -1.61. The van der Waals surface area contributed by atoms with Gasteiger partial charge < -0.3 is 0 Å². The maximum absolute atomic E-state index is 12.1. The fourth-order valence-corrected chi connectivity index (χ4v) is 1.90. The number of nitrogens with zero attached hydrogens (tertiary/aromatic N) is 2. The molecule has 0 unspecified atom stereocenters. The molecule has 1 aromatic carbocycles. The van der Waals surface area contributed by atoms with E-state index < -0.39 is 0 Å². The molecule has 82 valence electrons. The second kappa shape index (κ2) is 4.10. The van der Waals surface area contributed by atoms with Gasteiger partial charge in [0, 0.05) is 23.8 Å². The lowest BCUT2D eigenvalue weighted by Gasteiger charge is -2.03. The first-order chi connectivity index (χ1) is 7.58. The number of aryl methyl sites for hydroxylation is 2. The predicted octanol–water partition coefficient (Wildman–Crippen LogP) is 2.61. The molecule has 1 heterocycles. The molecule has 0 atom stereocenters. The Morgan fingerprint density at radius 3 is 2.69 bits per heavy atom. The molecule has 0 N–H and O–H groups in total. The van der Waals surface area contributed by atoms with Crippen LogP contribution in [0.5, 0.6) is 0 Å². The van der Waals surface area contributed by atoms with Crippen LogP contribution in [0.4, 0.5) is 0 Å². The minimum absolute atomic E-state index is 0.0643. The number of ketones is 1. The standard InChI is InChI=1S/C12H11ClN2O/c1-8-5-9(7-10(13)6-8)12(16)11-3-4-14-15(11)2/h3-7H,1-2H3. The van der Waals surface area contributed by atoms with Crippen LogP contribution in [-0.2, 0) is 7.05 Å². The maximum Gasteiger partial charge on any atom is 0.211 e. The molecular formula is C12H11ClN2O. The van der Waals surface area contributed by atoms with E-state index in [1.165, 1.54) is 0 Å². The Morgan fingerprint density at radius 2 is 2.12 bits per heavy atom. The molecule has 2 rings (SSSR count). The highest BCUT2D eigenvalue weighted by molar-refractivity contribution is 6.31. The Morgan fingerprint density at radius 1 is 1.38 bits per heavy atom. The second-order valence-electron chi connectivity index (χ2n) is 3.69. The highest BCUT2D eigenvalue weighted by atomic mass is 35.5. The van der Waals surface area contributed by atoms with Crippen LogP contribution in [0.25, 0.3) is 0 Å². The maximum atomic E-state index is 12.1. The van der Waals surface area contributed by atoms with Crippen LogP contribution in [0.15, 0.2) is 30.5 Å². The first-order valence-electron chi connectivity index (χ1n) is 4.88. The van der Waals surface area contributed by atoms with Crippen molar-refractivity contribution >= 4 is 17.4 Å². The van der Waals surface area contributed by atoms with Crippen LogP contribution in [0.3, 0.4) is 0 Å². The van der Waals surface area contributed by atoms with Gasteiger partial charge in [0.15, 0.2) is 0 Å². The van der Waals surface area contributed by atoms with Gasteiger partial charge in [-0.25, -0.2) is 0 Å². The lowest BCUT2D eigenvalue weighted by atomic mass is 10.1. The first kappa shape index (κ1) is 10.9. The highest BCUT2D eigenvalue weighted by Gasteiger charge is 2.13. The van der Waals surface area contributed by atoms with Crippen LogP contribution in [0.2, 0.25) is 5.02 Å². The Kier molecular flexibility index (Phi) is 2.79. The lowest BCUT2D eigenvalue weighted by Crippen LogP contribution is -2.08. The fourth-order valence-electron chi connectivity index (χ4n) is 1.61. The Bertz CT molecular complexity index is 525. The quantitative estimate of drug-likeness (QED) is 0.749. The molecule has 4 heteroatoms. The van der Waals surface area contributed by atoms with Crippen LogP contribution >= 0.6 is 11.6 Å². The van der Waals surface area contributed by atoms with Gasteiger partial charge in [0.05, 0.1) is 0 Å². The van der Waals surface area contributed by atoms with Crippen molar-refractivity contribution in [1.29, 1.82) is 0 Å². The van der Waals surface area contributed by atoms with E-state index in [4.69, 9.17) is 11.6 Å². The summed E-state index contributed by atoms with van der Waals surface area (Å²) < 4.78 is 1.55. The summed E-state index contributed by atoms with van der Waals surface area (Å²) in [6.07, 6.45) is 1.60. The summed E-state index contributed by atoms with van der Waals surface area (Å²) >= 11 is 5.92. The van der Waals surface area contributed by atoms with Gasteiger partial charge in [-0.2, -0.15) is 5.10 Å². The third-order valence-electron chi connectivity index (χ3n) is 2.36. The molecule has 0 fully saturated rings. The van der Waals surface area contributed by atoms with E-state index in [0.29, 0.717) is 16.3 Å². The van der Waals surface area contributed by atoms with Gasteiger partial charge >= 0.3 is 0 Å². The summed E-state index contributed by atoms with van der Waals surface area (Å²) in [7, 11) is 1.74. The number of hydrogen-bond acceptors (Lipinski definition) is 2. The predicted molar refractivity (Wildman–Crippen MR) is 62.8 cm³/mol. The monoisotopic (exact) mass is 234 g/mol. The summed E-state index contributed by atoms with van der Waals surface area (Å²) in [5, 5.41) is 4.55.